The first-order valence-electron chi connectivity index (χ1n) is 13.4. The number of aliphatic hydroxyl groups is 1. The van der Waals surface area contributed by atoms with Crippen LogP contribution in [0.1, 0.15) is 108 Å². The summed E-state index contributed by atoms with van der Waals surface area (Å²) in [5, 5.41) is 20.3. The van der Waals surface area contributed by atoms with Crippen molar-refractivity contribution in [2.75, 3.05) is 0 Å². The first kappa shape index (κ1) is 27.1. The molecule has 2 nitrogen and oxygen atoms in total. The van der Waals surface area contributed by atoms with E-state index in [0.717, 1.165) is 43.2 Å². The fourth-order valence-electron chi connectivity index (χ4n) is 5.48. The number of hydrogen-bond donors (Lipinski definition) is 1. The highest BCUT2D eigenvalue weighted by Gasteiger charge is 2.44. The second-order valence-corrected chi connectivity index (χ2v) is 9.71. The zero-order chi connectivity index (χ0) is 23.9. The Bertz CT molecular complexity index is 795. The fourth-order valence-corrected chi connectivity index (χ4v) is 5.48. The highest BCUT2D eigenvalue weighted by molar-refractivity contribution is 5.31. The average Bonchev–Trinajstić information content (AvgIpc) is 3.41. The Labute approximate surface area is 203 Å². The van der Waals surface area contributed by atoms with Crippen LogP contribution < -0.4 is 0 Å². The quantitative estimate of drug-likeness (QED) is 0.350. The maximum atomic E-state index is 11.7. The Morgan fingerprint density at radius 3 is 2.00 bits per heavy atom. The summed E-state index contributed by atoms with van der Waals surface area (Å²) in [7, 11) is 0. The van der Waals surface area contributed by atoms with Crippen molar-refractivity contribution >= 4 is 0 Å². The van der Waals surface area contributed by atoms with Gasteiger partial charge in [0, 0.05) is 0 Å². The number of aryl methyl sites for hydroxylation is 1. The van der Waals surface area contributed by atoms with Gasteiger partial charge < -0.3 is 5.11 Å². The fraction of sp³-hybridized carbons (Fsp3) is 0.581. The summed E-state index contributed by atoms with van der Waals surface area (Å²) in [5.41, 5.74) is 2.63. The van der Waals surface area contributed by atoms with Gasteiger partial charge in [-0.25, -0.2) is 0 Å². The van der Waals surface area contributed by atoms with Gasteiger partial charge in [-0.1, -0.05) is 102 Å². The first-order valence-corrected chi connectivity index (χ1v) is 13.4. The average molecular weight is 448 g/mol. The Hall–Kier alpha value is -2.11. The van der Waals surface area contributed by atoms with Gasteiger partial charge in [0.1, 0.15) is 0 Å². The summed E-state index contributed by atoms with van der Waals surface area (Å²) < 4.78 is 0. The molecule has 33 heavy (non-hydrogen) atoms. The molecular formula is C31H45NO. The van der Waals surface area contributed by atoms with E-state index in [9.17, 15) is 5.11 Å². The van der Waals surface area contributed by atoms with Crippen molar-refractivity contribution in [2.45, 2.75) is 103 Å². The van der Waals surface area contributed by atoms with Gasteiger partial charge in [-0.05, 0) is 73.6 Å². The van der Waals surface area contributed by atoms with Crippen molar-refractivity contribution in [3.63, 3.8) is 0 Å². The zero-order valence-corrected chi connectivity index (χ0v) is 21.2. The van der Waals surface area contributed by atoms with E-state index >= 15 is 0 Å². The van der Waals surface area contributed by atoms with Crippen molar-refractivity contribution in [2.24, 2.45) is 11.8 Å². The first-order chi connectivity index (χ1) is 16.1. The summed E-state index contributed by atoms with van der Waals surface area (Å²) >= 11 is 0. The van der Waals surface area contributed by atoms with Crippen LogP contribution in [0, 0.1) is 23.2 Å². The van der Waals surface area contributed by atoms with E-state index < -0.39 is 5.60 Å². The van der Waals surface area contributed by atoms with E-state index in [4.69, 9.17) is 5.26 Å². The molecule has 0 amide bonds. The highest BCUT2D eigenvalue weighted by atomic mass is 16.3. The van der Waals surface area contributed by atoms with Gasteiger partial charge in [0.2, 0.25) is 0 Å². The number of nitrogens with zero attached hydrogens (tertiary/aromatic N) is 1. The minimum Gasteiger partial charge on any atom is -0.385 e. The molecule has 1 atom stereocenters. The predicted molar refractivity (Wildman–Crippen MR) is 140 cm³/mol. The summed E-state index contributed by atoms with van der Waals surface area (Å²) in [6.07, 6.45) is 14.5. The molecule has 0 aromatic heterocycles. The van der Waals surface area contributed by atoms with E-state index in [1.807, 2.05) is 30.3 Å². The minimum atomic E-state index is -0.607. The van der Waals surface area contributed by atoms with Crippen molar-refractivity contribution in [3.8, 4) is 6.07 Å². The van der Waals surface area contributed by atoms with Crippen molar-refractivity contribution < 1.29 is 5.11 Å². The molecule has 0 bridgehead atoms. The topological polar surface area (TPSA) is 44.0 Å². The Morgan fingerprint density at radius 2 is 1.48 bits per heavy atom. The SMILES string of the molecule is CCCC(CCC)C(O)(c1ccccc1)C1CCCC1.CCCCCc1ccc(C#N)cc1. The molecule has 0 aliphatic heterocycles. The van der Waals surface area contributed by atoms with Gasteiger partial charge in [-0.2, -0.15) is 5.26 Å². The zero-order valence-electron chi connectivity index (χ0n) is 21.2. The molecule has 2 aromatic carbocycles. The predicted octanol–water partition coefficient (Wildman–Crippen LogP) is 8.57. The third-order valence-corrected chi connectivity index (χ3v) is 7.26. The Kier molecular flexibility index (Phi) is 12.3. The van der Waals surface area contributed by atoms with Crippen molar-refractivity contribution in [3.05, 3.63) is 71.3 Å². The van der Waals surface area contributed by atoms with Gasteiger partial charge in [-0.15, -0.1) is 0 Å². The van der Waals surface area contributed by atoms with Crippen LogP contribution in [0.25, 0.3) is 0 Å². The van der Waals surface area contributed by atoms with Gasteiger partial charge in [0.15, 0.2) is 0 Å². The van der Waals surface area contributed by atoms with E-state index in [2.05, 4.69) is 51.1 Å². The summed E-state index contributed by atoms with van der Waals surface area (Å²) in [6.45, 7) is 6.68. The molecule has 2 aromatic rings. The van der Waals surface area contributed by atoms with E-state index in [-0.39, 0.29) is 0 Å². The molecule has 0 radical (unpaired) electrons. The van der Waals surface area contributed by atoms with Crippen LogP contribution in [0.5, 0.6) is 0 Å². The second-order valence-electron chi connectivity index (χ2n) is 9.71. The van der Waals surface area contributed by atoms with Crippen LogP contribution in [0.4, 0.5) is 0 Å². The second kappa shape index (κ2) is 14.9. The standard InChI is InChI=1S/C19H30O.C12H15N/c1-3-10-16(11-4-2)19(20,18-14-8-9-15-18)17-12-6-5-7-13-17;1-2-3-4-5-11-6-8-12(10-13)9-7-11/h5-7,12-13,16,18,20H,3-4,8-11,14-15H2,1-2H3;6-9H,2-5H2,1H3. The minimum absolute atomic E-state index is 0.406. The molecule has 0 spiro atoms. The molecule has 1 aliphatic rings. The molecule has 3 rings (SSSR count). The van der Waals surface area contributed by atoms with Crippen LogP contribution in [-0.4, -0.2) is 5.11 Å². The molecule has 1 saturated carbocycles. The lowest BCUT2D eigenvalue weighted by Crippen LogP contribution is -2.41. The maximum Gasteiger partial charge on any atom is 0.0991 e. The van der Waals surface area contributed by atoms with E-state index in [0.29, 0.717) is 11.8 Å². The Balaban J connectivity index is 0.000000257. The molecule has 1 fully saturated rings. The molecule has 180 valence electrons. The molecule has 0 heterocycles. The smallest absolute Gasteiger partial charge is 0.0991 e. The number of rotatable bonds is 11. The van der Waals surface area contributed by atoms with Crippen molar-refractivity contribution in [1.29, 1.82) is 5.26 Å². The lowest BCUT2D eigenvalue weighted by atomic mass is 9.68. The summed E-state index contributed by atoms with van der Waals surface area (Å²) in [5.74, 6) is 0.857. The van der Waals surface area contributed by atoms with Gasteiger partial charge in [0.05, 0.1) is 17.2 Å². The molecule has 2 heteroatoms. The van der Waals surface area contributed by atoms with Gasteiger partial charge >= 0.3 is 0 Å². The van der Waals surface area contributed by atoms with Crippen LogP contribution >= 0.6 is 0 Å². The highest BCUT2D eigenvalue weighted by Crippen LogP contribution is 2.48. The van der Waals surface area contributed by atoms with Crippen LogP contribution in [0.15, 0.2) is 54.6 Å². The van der Waals surface area contributed by atoms with Gasteiger partial charge in [0.25, 0.3) is 0 Å². The summed E-state index contributed by atoms with van der Waals surface area (Å²) in [6, 6.07) is 20.5. The third kappa shape index (κ3) is 8.01. The molecule has 1 N–H and O–H groups in total. The Morgan fingerprint density at radius 1 is 0.879 bits per heavy atom. The van der Waals surface area contributed by atoms with E-state index in [1.54, 1.807) is 0 Å². The third-order valence-electron chi connectivity index (χ3n) is 7.26. The largest absolute Gasteiger partial charge is 0.385 e. The van der Waals surface area contributed by atoms with E-state index in [1.165, 1.54) is 50.5 Å². The van der Waals surface area contributed by atoms with Crippen LogP contribution in [-0.2, 0) is 12.0 Å². The summed E-state index contributed by atoms with van der Waals surface area (Å²) in [4.78, 5) is 0. The number of nitriles is 1. The van der Waals surface area contributed by atoms with Crippen LogP contribution in [0.3, 0.4) is 0 Å². The molecule has 1 aliphatic carbocycles. The van der Waals surface area contributed by atoms with Crippen molar-refractivity contribution in [1.82, 2.24) is 0 Å². The lowest BCUT2D eigenvalue weighted by Gasteiger charge is -2.42. The molecule has 1 unspecified atom stereocenters. The molecular weight excluding hydrogens is 402 g/mol. The maximum absolute atomic E-state index is 11.7. The lowest BCUT2D eigenvalue weighted by molar-refractivity contribution is -0.0815. The van der Waals surface area contributed by atoms with Crippen LogP contribution in [0.2, 0.25) is 0 Å². The normalized spacial score (nSPS) is 15.5. The monoisotopic (exact) mass is 447 g/mol. The number of hydrogen-bond acceptors (Lipinski definition) is 2. The van der Waals surface area contributed by atoms with Gasteiger partial charge in [-0.3, -0.25) is 0 Å². The number of benzene rings is 2. The number of unbranched alkanes of at least 4 members (excludes halogenated alkanes) is 2. The molecule has 0 saturated heterocycles.